The molecule has 0 N–H and O–H groups in total. The molecule has 116 valence electrons. The molecule has 0 heterocycles. The molecule has 0 radical (unpaired) electrons. The van der Waals surface area contributed by atoms with E-state index in [0.717, 1.165) is 6.04 Å². The van der Waals surface area contributed by atoms with Gasteiger partial charge in [0.2, 0.25) is 0 Å². The predicted octanol–water partition coefficient (Wildman–Crippen LogP) is 4.75. The number of halogens is 1. The molecule has 0 unspecified atom stereocenters. The van der Waals surface area contributed by atoms with Gasteiger partial charge in [0, 0.05) is 22.7 Å². The largest absolute Gasteiger partial charge is 0.413 e. The van der Waals surface area contributed by atoms with Crippen LogP contribution in [0.25, 0.3) is 0 Å². The van der Waals surface area contributed by atoms with Gasteiger partial charge in [-0.1, -0.05) is 41.9 Å². The van der Waals surface area contributed by atoms with Crippen molar-refractivity contribution in [2.75, 3.05) is 0 Å². The molecule has 0 saturated heterocycles. The molecule has 0 atom stereocenters. The van der Waals surface area contributed by atoms with E-state index in [4.69, 9.17) is 16.0 Å². The number of benzene rings is 2. The summed E-state index contributed by atoms with van der Waals surface area (Å²) in [6.07, 6.45) is 0. The lowest BCUT2D eigenvalue weighted by Gasteiger charge is -2.23. The highest BCUT2D eigenvalue weighted by molar-refractivity contribution is 6.70. The summed E-state index contributed by atoms with van der Waals surface area (Å²) in [4.78, 5) is 10.4. The Morgan fingerprint density at radius 1 is 1.18 bits per heavy atom. The van der Waals surface area contributed by atoms with Crippen LogP contribution in [-0.4, -0.2) is 13.2 Å². The van der Waals surface area contributed by atoms with Crippen LogP contribution in [0.15, 0.2) is 48.5 Å². The second kappa shape index (κ2) is 7.04. The Labute approximate surface area is 136 Å². The van der Waals surface area contributed by atoms with Crippen LogP contribution in [0.2, 0.25) is 18.1 Å². The number of hydrogen-bond donors (Lipinski definition) is 0. The van der Waals surface area contributed by atoms with E-state index < -0.39 is 13.2 Å². The van der Waals surface area contributed by atoms with Crippen LogP contribution < -0.4 is 0 Å². The standard InChI is InChI=1S/C16H18ClNO3Si/c1-22(2,12-13-6-4-3-5-7-13)21-11-14-10-15(18(19)20)8-9-16(14)17/h3-10H,11-12H2,1-2H3. The van der Waals surface area contributed by atoms with Crippen LogP contribution in [0.3, 0.4) is 0 Å². The molecule has 22 heavy (non-hydrogen) atoms. The third-order valence-corrected chi connectivity index (χ3v) is 5.89. The van der Waals surface area contributed by atoms with Gasteiger partial charge in [-0.05, 0) is 30.8 Å². The summed E-state index contributed by atoms with van der Waals surface area (Å²) in [5, 5.41) is 11.3. The van der Waals surface area contributed by atoms with Crippen molar-refractivity contribution in [3.8, 4) is 0 Å². The van der Waals surface area contributed by atoms with Crippen molar-refractivity contribution in [1.29, 1.82) is 0 Å². The Morgan fingerprint density at radius 2 is 1.86 bits per heavy atom. The van der Waals surface area contributed by atoms with Gasteiger partial charge in [0.1, 0.15) is 0 Å². The van der Waals surface area contributed by atoms with E-state index in [1.165, 1.54) is 17.7 Å². The Kier molecular flexibility index (Phi) is 5.34. The first kappa shape index (κ1) is 16.7. The first-order valence-electron chi connectivity index (χ1n) is 6.98. The number of nitro groups is 1. The smallest absolute Gasteiger partial charge is 0.269 e. The molecule has 0 aromatic heterocycles. The molecule has 0 fully saturated rings. The quantitative estimate of drug-likeness (QED) is 0.435. The van der Waals surface area contributed by atoms with E-state index in [0.29, 0.717) is 17.2 Å². The Balaban J connectivity index is 2.05. The van der Waals surface area contributed by atoms with Crippen molar-refractivity contribution in [3.63, 3.8) is 0 Å². The topological polar surface area (TPSA) is 52.4 Å². The zero-order valence-corrected chi connectivity index (χ0v) is 14.3. The minimum atomic E-state index is -1.92. The summed E-state index contributed by atoms with van der Waals surface area (Å²) in [6, 6.07) is 15.5. The van der Waals surface area contributed by atoms with E-state index in [1.807, 2.05) is 18.2 Å². The van der Waals surface area contributed by atoms with Crippen molar-refractivity contribution < 1.29 is 9.35 Å². The summed E-state index contributed by atoms with van der Waals surface area (Å²) < 4.78 is 6.07. The van der Waals surface area contributed by atoms with Gasteiger partial charge in [0.25, 0.3) is 5.69 Å². The third kappa shape index (κ3) is 4.66. The summed E-state index contributed by atoms with van der Waals surface area (Å²) >= 11 is 6.10. The van der Waals surface area contributed by atoms with Gasteiger partial charge in [-0.15, -0.1) is 0 Å². The first-order chi connectivity index (χ1) is 10.4. The maximum Gasteiger partial charge on any atom is 0.269 e. The highest BCUT2D eigenvalue weighted by Gasteiger charge is 2.23. The Morgan fingerprint density at radius 3 is 2.50 bits per heavy atom. The second-order valence-corrected chi connectivity index (χ2v) is 10.3. The molecule has 0 saturated carbocycles. The van der Waals surface area contributed by atoms with Crippen molar-refractivity contribution in [2.24, 2.45) is 0 Å². The lowest BCUT2D eigenvalue weighted by atomic mass is 10.2. The van der Waals surface area contributed by atoms with E-state index in [2.05, 4.69) is 25.2 Å². The maximum atomic E-state index is 10.8. The van der Waals surface area contributed by atoms with Gasteiger partial charge in [-0.2, -0.15) is 0 Å². The minimum absolute atomic E-state index is 0.0329. The summed E-state index contributed by atoms with van der Waals surface area (Å²) in [7, 11) is -1.92. The summed E-state index contributed by atoms with van der Waals surface area (Å²) in [5.74, 6) is 0. The summed E-state index contributed by atoms with van der Waals surface area (Å²) in [5.41, 5.74) is 1.93. The molecule has 2 rings (SSSR count). The highest BCUT2D eigenvalue weighted by atomic mass is 35.5. The van der Waals surface area contributed by atoms with Gasteiger partial charge in [0.15, 0.2) is 8.32 Å². The molecule has 2 aromatic carbocycles. The Hall–Kier alpha value is -1.69. The first-order valence-corrected chi connectivity index (χ1v) is 10.5. The fraction of sp³-hybridized carbons (Fsp3) is 0.250. The molecule has 0 spiro atoms. The fourth-order valence-electron chi connectivity index (χ4n) is 2.20. The van der Waals surface area contributed by atoms with Crippen molar-refractivity contribution in [1.82, 2.24) is 0 Å². The molecular formula is C16H18ClNO3Si. The predicted molar refractivity (Wildman–Crippen MR) is 90.5 cm³/mol. The van der Waals surface area contributed by atoms with Gasteiger partial charge >= 0.3 is 0 Å². The van der Waals surface area contributed by atoms with Crippen LogP contribution >= 0.6 is 11.6 Å². The van der Waals surface area contributed by atoms with Crippen LogP contribution in [0.4, 0.5) is 5.69 Å². The molecule has 0 bridgehead atoms. The lowest BCUT2D eigenvalue weighted by molar-refractivity contribution is -0.384. The zero-order chi connectivity index (χ0) is 16.2. The summed E-state index contributed by atoms with van der Waals surface area (Å²) in [6.45, 7) is 4.56. The van der Waals surface area contributed by atoms with E-state index in [-0.39, 0.29) is 5.69 Å². The van der Waals surface area contributed by atoms with Crippen LogP contribution in [-0.2, 0) is 17.1 Å². The van der Waals surface area contributed by atoms with Gasteiger partial charge in [0.05, 0.1) is 11.5 Å². The molecule has 6 heteroatoms. The number of rotatable bonds is 6. The second-order valence-electron chi connectivity index (χ2n) is 5.74. The van der Waals surface area contributed by atoms with Crippen LogP contribution in [0, 0.1) is 10.1 Å². The van der Waals surface area contributed by atoms with E-state index in [9.17, 15) is 10.1 Å². The normalized spacial score (nSPS) is 11.4. The molecular weight excluding hydrogens is 318 g/mol. The van der Waals surface area contributed by atoms with E-state index in [1.54, 1.807) is 6.07 Å². The van der Waals surface area contributed by atoms with Crippen molar-refractivity contribution in [3.05, 3.63) is 74.8 Å². The van der Waals surface area contributed by atoms with Crippen LogP contribution in [0.1, 0.15) is 11.1 Å². The van der Waals surface area contributed by atoms with Crippen molar-refractivity contribution in [2.45, 2.75) is 25.7 Å². The third-order valence-electron chi connectivity index (χ3n) is 3.33. The highest BCUT2D eigenvalue weighted by Crippen LogP contribution is 2.24. The maximum absolute atomic E-state index is 10.8. The molecule has 0 aliphatic heterocycles. The zero-order valence-electron chi connectivity index (χ0n) is 12.6. The molecule has 0 aliphatic rings. The minimum Gasteiger partial charge on any atom is -0.413 e. The molecule has 0 aliphatic carbocycles. The number of nitro benzene ring substituents is 1. The van der Waals surface area contributed by atoms with Gasteiger partial charge < -0.3 is 4.43 Å². The number of non-ortho nitro benzene ring substituents is 1. The lowest BCUT2D eigenvalue weighted by Crippen LogP contribution is -2.33. The average Bonchev–Trinajstić information content (AvgIpc) is 2.46. The molecule has 2 aromatic rings. The average molecular weight is 336 g/mol. The monoisotopic (exact) mass is 335 g/mol. The van der Waals surface area contributed by atoms with Gasteiger partial charge in [-0.3, -0.25) is 10.1 Å². The number of hydrogen-bond acceptors (Lipinski definition) is 3. The van der Waals surface area contributed by atoms with Crippen LogP contribution in [0.5, 0.6) is 0 Å². The van der Waals surface area contributed by atoms with Crippen molar-refractivity contribution >= 4 is 25.6 Å². The fourth-order valence-corrected chi connectivity index (χ4v) is 4.24. The van der Waals surface area contributed by atoms with Gasteiger partial charge in [-0.25, -0.2) is 0 Å². The SMILES string of the molecule is C[Si](C)(Cc1ccccc1)OCc1cc([N+](=O)[O-])ccc1Cl. The Bertz CT molecular complexity index is 662. The molecule has 0 amide bonds. The molecule has 4 nitrogen and oxygen atoms in total. The van der Waals surface area contributed by atoms with E-state index >= 15 is 0 Å². The number of nitrogens with zero attached hydrogens (tertiary/aromatic N) is 1.